The fourth-order valence-corrected chi connectivity index (χ4v) is 3.35. The van der Waals surface area contributed by atoms with Gasteiger partial charge in [0.05, 0.1) is 18.1 Å². The molecule has 2 aromatic rings. The highest BCUT2D eigenvalue weighted by Gasteiger charge is 2.37. The number of benzene rings is 2. The lowest BCUT2D eigenvalue weighted by Gasteiger charge is -2.23. The lowest BCUT2D eigenvalue weighted by Crippen LogP contribution is -2.37. The average Bonchev–Trinajstić information content (AvgIpc) is 3.04. The Labute approximate surface area is 155 Å². The number of carbonyl (C=O) groups excluding carboxylic acids is 1. The predicted octanol–water partition coefficient (Wildman–Crippen LogP) is 3.34. The number of methoxy groups -OCH3 is 1. The third-order valence-corrected chi connectivity index (χ3v) is 4.76. The zero-order valence-corrected chi connectivity index (χ0v) is 14.7. The molecule has 0 spiro atoms. The fraction of sp³-hybridized carbons (Fsp3) is 0.300. The molecule has 27 heavy (non-hydrogen) atoms. The number of hydrogen-bond acceptors (Lipinski definition) is 3. The molecule has 7 heteroatoms. The number of ether oxygens (including phenoxy) is 1. The molecule has 142 valence electrons. The number of carboxylic acids is 1. The number of likely N-dealkylation sites (tertiary alicyclic amines) is 1. The van der Waals surface area contributed by atoms with Crippen LogP contribution in [0.3, 0.4) is 0 Å². The summed E-state index contributed by atoms with van der Waals surface area (Å²) in [6.45, 7) is 0.215. The second kappa shape index (κ2) is 7.84. The summed E-state index contributed by atoms with van der Waals surface area (Å²) in [7, 11) is 1.49. The summed E-state index contributed by atoms with van der Waals surface area (Å²) in [4.78, 5) is 25.2. The van der Waals surface area contributed by atoms with Gasteiger partial charge >= 0.3 is 5.97 Å². The summed E-state index contributed by atoms with van der Waals surface area (Å²) in [5.74, 6) is -2.69. The third-order valence-electron chi connectivity index (χ3n) is 4.76. The molecule has 1 aliphatic heterocycles. The Kier molecular flexibility index (Phi) is 5.51. The van der Waals surface area contributed by atoms with E-state index in [0.29, 0.717) is 17.5 Å². The highest BCUT2D eigenvalue weighted by Crippen LogP contribution is 2.27. The Bertz CT molecular complexity index is 854. The van der Waals surface area contributed by atoms with Gasteiger partial charge in [-0.1, -0.05) is 18.2 Å². The van der Waals surface area contributed by atoms with E-state index in [2.05, 4.69) is 0 Å². The van der Waals surface area contributed by atoms with Crippen molar-refractivity contribution in [1.29, 1.82) is 0 Å². The van der Waals surface area contributed by atoms with Crippen molar-refractivity contribution in [2.24, 2.45) is 0 Å². The lowest BCUT2D eigenvalue weighted by molar-refractivity contribution is -0.137. The van der Waals surface area contributed by atoms with Gasteiger partial charge in [-0.15, -0.1) is 0 Å². The Hall–Kier alpha value is -2.80. The second-order valence-corrected chi connectivity index (χ2v) is 6.50. The van der Waals surface area contributed by atoms with Gasteiger partial charge in [-0.25, -0.2) is 8.78 Å². The molecule has 0 aromatic heterocycles. The van der Waals surface area contributed by atoms with Crippen LogP contribution in [0.2, 0.25) is 0 Å². The number of carbonyl (C=O) groups is 2. The number of halogens is 2. The molecule has 2 aromatic carbocycles. The number of carboxylic acid groups (broad SMARTS) is 1. The highest BCUT2D eigenvalue weighted by molar-refractivity contribution is 5.95. The topological polar surface area (TPSA) is 66.8 Å². The zero-order chi connectivity index (χ0) is 19.6. The van der Waals surface area contributed by atoms with Crippen LogP contribution in [0.25, 0.3) is 11.1 Å². The maximum Gasteiger partial charge on any atom is 0.305 e. The molecule has 1 aliphatic rings. The van der Waals surface area contributed by atoms with Crippen LogP contribution >= 0.6 is 0 Å². The predicted molar refractivity (Wildman–Crippen MR) is 94.3 cm³/mol. The maximum atomic E-state index is 14.6. The van der Waals surface area contributed by atoms with Crippen LogP contribution < -0.4 is 0 Å². The van der Waals surface area contributed by atoms with E-state index in [1.807, 2.05) is 0 Å². The Balaban J connectivity index is 1.85. The summed E-state index contributed by atoms with van der Waals surface area (Å²) in [5.41, 5.74) is 1.01. The van der Waals surface area contributed by atoms with Gasteiger partial charge < -0.3 is 14.7 Å². The number of rotatable bonds is 5. The Morgan fingerprint density at radius 2 is 1.81 bits per heavy atom. The minimum Gasteiger partial charge on any atom is -0.481 e. The number of aliphatic carboxylic acids is 1. The van der Waals surface area contributed by atoms with Crippen molar-refractivity contribution in [2.45, 2.75) is 25.0 Å². The molecule has 2 unspecified atom stereocenters. The highest BCUT2D eigenvalue weighted by atomic mass is 19.1. The van der Waals surface area contributed by atoms with Crippen molar-refractivity contribution >= 4 is 11.9 Å². The number of hydrogen-bond donors (Lipinski definition) is 1. The van der Waals surface area contributed by atoms with E-state index in [0.717, 1.165) is 0 Å². The smallest absolute Gasteiger partial charge is 0.305 e. The molecule has 1 heterocycles. The summed E-state index contributed by atoms with van der Waals surface area (Å²) < 4.78 is 32.9. The van der Waals surface area contributed by atoms with Crippen LogP contribution in [0, 0.1) is 11.6 Å². The maximum absolute atomic E-state index is 14.6. The summed E-state index contributed by atoms with van der Waals surface area (Å²) in [6, 6.07) is 9.23. The van der Waals surface area contributed by atoms with Crippen LogP contribution in [-0.2, 0) is 9.53 Å². The summed E-state index contributed by atoms with van der Waals surface area (Å²) in [6.07, 6.45) is -0.107. The molecule has 2 atom stereocenters. The van der Waals surface area contributed by atoms with E-state index in [4.69, 9.17) is 9.84 Å². The zero-order valence-electron chi connectivity index (χ0n) is 14.7. The fourth-order valence-electron chi connectivity index (χ4n) is 3.35. The average molecular weight is 375 g/mol. The quantitative estimate of drug-likeness (QED) is 0.871. The molecule has 1 amide bonds. The molecule has 1 fully saturated rings. The first-order chi connectivity index (χ1) is 12.9. The van der Waals surface area contributed by atoms with Crippen molar-refractivity contribution in [1.82, 2.24) is 4.90 Å². The standard InChI is InChI=1S/C20H19F2NO4/c1-27-16-9-15(10-19(24)25)23(11-16)20(26)17-7-4-13(8-18(17)22)12-2-5-14(21)6-3-12/h2-8,15-16H,9-11H2,1H3,(H,24,25). The molecule has 0 bridgehead atoms. The second-order valence-electron chi connectivity index (χ2n) is 6.50. The molecule has 3 rings (SSSR count). The number of nitrogens with zero attached hydrogens (tertiary/aromatic N) is 1. The van der Waals surface area contributed by atoms with Gasteiger partial charge in [0.1, 0.15) is 11.6 Å². The van der Waals surface area contributed by atoms with Crippen molar-refractivity contribution in [3.8, 4) is 11.1 Å². The number of amides is 1. The third kappa shape index (κ3) is 4.14. The van der Waals surface area contributed by atoms with Gasteiger partial charge in [-0.2, -0.15) is 0 Å². The van der Waals surface area contributed by atoms with E-state index >= 15 is 0 Å². The first kappa shape index (κ1) is 19.0. The van der Waals surface area contributed by atoms with Crippen molar-refractivity contribution < 1.29 is 28.2 Å². The van der Waals surface area contributed by atoms with E-state index in [1.54, 1.807) is 6.07 Å². The van der Waals surface area contributed by atoms with Gasteiger partial charge in [0.15, 0.2) is 0 Å². The first-order valence-electron chi connectivity index (χ1n) is 8.50. The Morgan fingerprint density at radius 3 is 2.41 bits per heavy atom. The molecule has 0 aliphatic carbocycles. The normalized spacial score (nSPS) is 19.3. The molecule has 1 saturated heterocycles. The van der Waals surface area contributed by atoms with E-state index < -0.39 is 29.6 Å². The van der Waals surface area contributed by atoms with Crippen LogP contribution in [0.1, 0.15) is 23.2 Å². The molecule has 1 N–H and O–H groups in total. The van der Waals surface area contributed by atoms with Gasteiger partial charge in [0, 0.05) is 19.7 Å². The SMILES string of the molecule is COC1CC(CC(=O)O)N(C(=O)c2ccc(-c3ccc(F)cc3)cc2F)C1. The van der Waals surface area contributed by atoms with E-state index in [9.17, 15) is 18.4 Å². The minimum absolute atomic E-state index is 0.131. The van der Waals surface area contributed by atoms with Crippen molar-refractivity contribution in [3.63, 3.8) is 0 Å². The van der Waals surface area contributed by atoms with E-state index in [1.165, 1.54) is 48.4 Å². The molecule has 0 radical (unpaired) electrons. The van der Waals surface area contributed by atoms with Crippen molar-refractivity contribution in [2.75, 3.05) is 13.7 Å². The minimum atomic E-state index is -1.03. The van der Waals surface area contributed by atoms with E-state index in [-0.39, 0.29) is 24.6 Å². The molecule has 5 nitrogen and oxygen atoms in total. The molecule has 0 saturated carbocycles. The lowest BCUT2D eigenvalue weighted by atomic mass is 10.0. The van der Waals surface area contributed by atoms with Crippen LogP contribution in [0.15, 0.2) is 42.5 Å². The molecular formula is C20H19F2NO4. The monoisotopic (exact) mass is 375 g/mol. The van der Waals surface area contributed by atoms with Crippen LogP contribution in [-0.4, -0.2) is 47.7 Å². The van der Waals surface area contributed by atoms with Gasteiger partial charge in [-0.05, 0) is 41.8 Å². The largest absolute Gasteiger partial charge is 0.481 e. The molecular weight excluding hydrogens is 356 g/mol. The van der Waals surface area contributed by atoms with Crippen LogP contribution in [0.5, 0.6) is 0 Å². The van der Waals surface area contributed by atoms with Gasteiger partial charge in [0.25, 0.3) is 5.91 Å². The first-order valence-corrected chi connectivity index (χ1v) is 8.50. The summed E-state index contributed by atoms with van der Waals surface area (Å²) >= 11 is 0. The Morgan fingerprint density at radius 1 is 1.15 bits per heavy atom. The van der Waals surface area contributed by atoms with Gasteiger partial charge in [-0.3, -0.25) is 9.59 Å². The summed E-state index contributed by atoms with van der Waals surface area (Å²) in [5, 5.41) is 9.06. The van der Waals surface area contributed by atoms with Crippen LogP contribution in [0.4, 0.5) is 8.78 Å². The van der Waals surface area contributed by atoms with Crippen molar-refractivity contribution in [3.05, 3.63) is 59.7 Å². The van der Waals surface area contributed by atoms with Gasteiger partial charge in [0.2, 0.25) is 0 Å².